The topological polar surface area (TPSA) is 104 Å². The Kier molecular flexibility index (Phi) is 5.01. The Labute approximate surface area is 187 Å². The Bertz CT molecular complexity index is 1210. The van der Waals surface area contributed by atoms with E-state index in [9.17, 15) is 19.1 Å². The van der Waals surface area contributed by atoms with Crippen molar-refractivity contribution in [2.45, 2.75) is 39.0 Å². The summed E-state index contributed by atoms with van der Waals surface area (Å²) in [4.78, 5) is 38.2. The molecule has 2 unspecified atom stereocenters. The van der Waals surface area contributed by atoms with E-state index < -0.39 is 23.9 Å². The number of hydrogen-bond acceptors (Lipinski definition) is 7. The average Bonchev–Trinajstić information content (AvgIpc) is 3.46. The number of aromatic nitrogens is 4. The van der Waals surface area contributed by atoms with E-state index in [0.717, 1.165) is 0 Å². The summed E-state index contributed by atoms with van der Waals surface area (Å²) in [7, 11) is 0. The number of aryl methyl sites for hydroxylation is 1. The summed E-state index contributed by atoms with van der Waals surface area (Å²) in [6.07, 6.45) is -0.735. The van der Waals surface area contributed by atoms with Gasteiger partial charge in [0.05, 0.1) is 11.7 Å². The second-order valence-corrected chi connectivity index (χ2v) is 8.67. The number of rotatable bonds is 3. The number of anilines is 1. The Morgan fingerprint density at radius 3 is 2.56 bits per heavy atom. The quantitative estimate of drug-likeness (QED) is 0.648. The molecule has 0 saturated carbocycles. The second kappa shape index (κ2) is 7.75. The minimum absolute atomic E-state index is 0.225. The van der Waals surface area contributed by atoms with Crippen molar-refractivity contribution in [1.82, 2.24) is 23.8 Å². The fourth-order valence-electron chi connectivity index (χ4n) is 4.30. The standard InChI is InChI=1S/C21H21FN6O3S/c1-11-16-17(28-8-7-15(29)21(28)31)24-18(19-23-12(2)25-32-19)27(16)10-9-26(11)20(30)13-3-5-14(22)6-4-13/h3-6,11,15,29H,7-10H2,1-2H3. The number of halogens is 1. The van der Waals surface area contributed by atoms with Crippen LogP contribution < -0.4 is 4.90 Å². The molecular weight excluding hydrogens is 435 g/mol. The predicted molar refractivity (Wildman–Crippen MR) is 115 cm³/mol. The summed E-state index contributed by atoms with van der Waals surface area (Å²) in [6.45, 7) is 4.90. The maximum absolute atomic E-state index is 13.3. The number of carbonyl (C=O) groups excluding carboxylic acids is 2. The van der Waals surface area contributed by atoms with Gasteiger partial charge in [0, 0.05) is 31.6 Å². The van der Waals surface area contributed by atoms with Crippen molar-refractivity contribution in [1.29, 1.82) is 0 Å². The van der Waals surface area contributed by atoms with E-state index in [4.69, 9.17) is 4.98 Å². The van der Waals surface area contributed by atoms with Crippen molar-refractivity contribution < 1.29 is 19.1 Å². The predicted octanol–water partition coefficient (Wildman–Crippen LogP) is 2.16. The number of aliphatic hydroxyl groups excluding tert-OH is 1. The molecule has 11 heteroatoms. The first-order valence-electron chi connectivity index (χ1n) is 10.3. The summed E-state index contributed by atoms with van der Waals surface area (Å²) in [6, 6.07) is 5.05. The molecule has 1 fully saturated rings. The summed E-state index contributed by atoms with van der Waals surface area (Å²) in [5.41, 5.74) is 1.09. The molecular formula is C21H21FN6O3S. The Balaban J connectivity index is 1.58. The van der Waals surface area contributed by atoms with Crippen molar-refractivity contribution in [2.75, 3.05) is 18.0 Å². The highest BCUT2D eigenvalue weighted by atomic mass is 32.1. The SMILES string of the molecule is Cc1nsc(-c2nc(N3CCC(O)C3=O)c3n2CCN(C(=O)c2ccc(F)cc2)C3C)n1. The third-order valence-corrected chi connectivity index (χ3v) is 6.72. The van der Waals surface area contributed by atoms with Gasteiger partial charge in [-0.15, -0.1) is 0 Å². The van der Waals surface area contributed by atoms with E-state index in [1.165, 1.54) is 40.7 Å². The van der Waals surface area contributed by atoms with Crippen molar-refractivity contribution in [3.8, 4) is 10.8 Å². The van der Waals surface area contributed by atoms with Crippen LogP contribution in [-0.2, 0) is 11.3 Å². The highest BCUT2D eigenvalue weighted by Crippen LogP contribution is 2.39. The summed E-state index contributed by atoms with van der Waals surface area (Å²) < 4.78 is 19.5. The van der Waals surface area contributed by atoms with Crippen LogP contribution in [0.4, 0.5) is 10.2 Å². The monoisotopic (exact) mass is 456 g/mol. The van der Waals surface area contributed by atoms with Crippen LogP contribution in [0.15, 0.2) is 24.3 Å². The van der Waals surface area contributed by atoms with Gasteiger partial charge in [-0.05, 0) is 49.6 Å². The Morgan fingerprint density at radius 2 is 1.94 bits per heavy atom. The number of hydrogen-bond donors (Lipinski definition) is 1. The van der Waals surface area contributed by atoms with E-state index in [1.807, 2.05) is 11.5 Å². The fraction of sp³-hybridized carbons (Fsp3) is 0.381. The minimum atomic E-state index is -1.06. The molecule has 1 aromatic carbocycles. The first kappa shape index (κ1) is 20.7. The van der Waals surface area contributed by atoms with Crippen LogP contribution in [-0.4, -0.2) is 59.9 Å². The summed E-state index contributed by atoms with van der Waals surface area (Å²) in [5, 5.41) is 10.6. The molecule has 1 saturated heterocycles. The van der Waals surface area contributed by atoms with Crippen molar-refractivity contribution >= 4 is 29.2 Å². The van der Waals surface area contributed by atoms with Gasteiger partial charge in [0.2, 0.25) is 0 Å². The van der Waals surface area contributed by atoms with Gasteiger partial charge in [0.1, 0.15) is 17.7 Å². The lowest BCUT2D eigenvalue weighted by Gasteiger charge is -2.36. The maximum atomic E-state index is 13.3. The normalized spacial score (nSPS) is 20.7. The Hall–Kier alpha value is -3.18. The highest BCUT2D eigenvalue weighted by molar-refractivity contribution is 7.09. The zero-order valence-electron chi connectivity index (χ0n) is 17.5. The van der Waals surface area contributed by atoms with Crippen LogP contribution in [0.3, 0.4) is 0 Å². The lowest BCUT2D eigenvalue weighted by Crippen LogP contribution is -2.42. The molecule has 5 rings (SSSR count). The molecule has 0 bridgehead atoms. The third-order valence-electron chi connectivity index (χ3n) is 5.92. The number of carbonyl (C=O) groups is 2. The first-order valence-corrected chi connectivity index (χ1v) is 11.1. The van der Waals surface area contributed by atoms with Crippen molar-refractivity contribution in [3.63, 3.8) is 0 Å². The molecule has 2 aromatic heterocycles. The summed E-state index contributed by atoms with van der Waals surface area (Å²) >= 11 is 1.23. The molecule has 1 N–H and O–H groups in total. The fourth-order valence-corrected chi connectivity index (χ4v) is 4.97. The van der Waals surface area contributed by atoms with Gasteiger partial charge in [-0.2, -0.15) is 4.37 Å². The molecule has 0 radical (unpaired) electrons. The molecule has 0 aliphatic carbocycles. The smallest absolute Gasteiger partial charge is 0.257 e. The molecule has 2 aliphatic heterocycles. The highest BCUT2D eigenvalue weighted by Gasteiger charge is 2.40. The van der Waals surface area contributed by atoms with Crippen molar-refractivity contribution in [2.24, 2.45) is 0 Å². The van der Waals surface area contributed by atoms with Crippen LogP contribution in [0.2, 0.25) is 0 Å². The number of benzene rings is 1. The van der Waals surface area contributed by atoms with Crippen LogP contribution in [0.25, 0.3) is 10.8 Å². The molecule has 9 nitrogen and oxygen atoms in total. The average molecular weight is 457 g/mol. The zero-order valence-corrected chi connectivity index (χ0v) is 18.3. The molecule has 2 aliphatic rings. The Morgan fingerprint density at radius 1 is 1.19 bits per heavy atom. The molecule has 3 aromatic rings. The maximum Gasteiger partial charge on any atom is 0.257 e. The van der Waals surface area contributed by atoms with Crippen molar-refractivity contribution in [3.05, 3.63) is 47.2 Å². The number of amides is 2. The number of fused-ring (bicyclic) bond motifs is 1. The number of aliphatic hydroxyl groups is 1. The van der Waals surface area contributed by atoms with Gasteiger partial charge in [-0.25, -0.2) is 14.4 Å². The van der Waals surface area contributed by atoms with E-state index in [1.54, 1.807) is 11.8 Å². The zero-order chi connectivity index (χ0) is 22.6. The molecule has 0 spiro atoms. The van der Waals surface area contributed by atoms with E-state index in [-0.39, 0.29) is 5.91 Å². The largest absolute Gasteiger partial charge is 0.383 e. The van der Waals surface area contributed by atoms with Gasteiger partial charge in [0.15, 0.2) is 16.6 Å². The molecule has 2 amide bonds. The second-order valence-electron chi connectivity index (χ2n) is 7.92. The van der Waals surface area contributed by atoms with Crippen LogP contribution >= 0.6 is 11.5 Å². The number of nitrogens with zero attached hydrogens (tertiary/aromatic N) is 6. The van der Waals surface area contributed by atoms with E-state index >= 15 is 0 Å². The molecule has 2 atom stereocenters. The molecule has 166 valence electrons. The lowest BCUT2D eigenvalue weighted by atomic mass is 10.1. The number of imidazole rings is 1. The van der Waals surface area contributed by atoms with Crippen LogP contribution in [0, 0.1) is 12.7 Å². The first-order chi connectivity index (χ1) is 15.3. The van der Waals surface area contributed by atoms with Gasteiger partial charge in [-0.1, -0.05) is 0 Å². The summed E-state index contributed by atoms with van der Waals surface area (Å²) in [5.74, 6) is 0.622. The van der Waals surface area contributed by atoms with E-state index in [0.29, 0.717) is 59.8 Å². The van der Waals surface area contributed by atoms with E-state index in [2.05, 4.69) is 9.36 Å². The van der Waals surface area contributed by atoms with Gasteiger partial charge in [0.25, 0.3) is 11.8 Å². The molecule has 32 heavy (non-hydrogen) atoms. The lowest BCUT2D eigenvalue weighted by molar-refractivity contribution is -0.124. The van der Waals surface area contributed by atoms with Gasteiger partial charge >= 0.3 is 0 Å². The van der Waals surface area contributed by atoms with Crippen LogP contribution in [0.5, 0.6) is 0 Å². The van der Waals surface area contributed by atoms with Gasteiger partial charge in [-0.3, -0.25) is 14.5 Å². The third kappa shape index (κ3) is 3.28. The van der Waals surface area contributed by atoms with Crippen LogP contribution in [0.1, 0.15) is 41.3 Å². The minimum Gasteiger partial charge on any atom is -0.383 e. The van der Waals surface area contributed by atoms with Gasteiger partial charge < -0.3 is 14.6 Å². The molecule has 4 heterocycles.